The molecule has 1 N–H and O–H groups in total. The third-order valence-corrected chi connectivity index (χ3v) is 4.22. The number of hydrogen-bond donors (Lipinski definition) is 1. The molecule has 0 spiro atoms. The number of nitrogens with one attached hydrogen (secondary N) is 1. The molecular formula is C21H24N4O2. The lowest BCUT2D eigenvalue weighted by atomic mass is 10.2. The topological polar surface area (TPSA) is 71.3 Å². The van der Waals surface area contributed by atoms with E-state index in [9.17, 15) is 4.79 Å². The van der Waals surface area contributed by atoms with Gasteiger partial charge in [0.25, 0.3) is 0 Å². The number of nitrogens with zero attached hydrogens (tertiary/aromatic N) is 3. The Morgan fingerprint density at radius 1 is 1.04 bits per heavy atom. The minimum Gasteiger partial charge on any atom is -0.421 e. The highest BCUT2D eigenvalue weighted by Gasteiger charge is 2.09. The van der Waals surface area contributed by atoms with Crippen LogP contribution in [-0.2, 0) is 17.8 Å². The first kappa shape index (κ1) is 18.6. The SMILES string of the molecule is CN(C)c1ccc(CNC(=O)CCCc2nnc(-c3ccccc3)o2)cc1. The quantitative estimate of drug-likeness (QED) is 0.663. The third-order valence-electron chi connectivity index (χ3n) is 4.22. The van der Waals surface area contributed by atoms with Crippen LogP contribution in [0.1, 0.15) is 24.3 Å². The van der Waals surface area contributed by atoms with E-state index in [2.05, 4.69) is 15.5 Å². The first-order chi connectivity index (χ1) is 13.1. The Morgan fingerprint density at radius 3 is 2.48 bits per heavy atom. The van der Waals surface area contributed by atoms with Crippen LogP contribution in [0.25, 0.3) is 11.5 Å². The second-order valence-electron chi connectivity index (χ2n) is 6.56. The molecule has 0 aliphatic rings. The first-order valence-electron chi connectivity index (χ1n) is 9.02. The molecule has 1 aromatic heterocycles. The van der Waals surface area contributed by atoms with Gasteiger partial charge in [-0.3, -0.25) is 4.79 Å². The van der Waals surface area contributed by atoms with Crippen LogP contribution in [0.3, 0.4) is 0 Å². The van der Waals surface area contributed by atoms with Gasteiger partial charge in [0.05, 0.1) is 0 Å². The van der Waals surface area contributed by atoms with Crippen molar-refractivity contribution in [3.05, 3.63) is 66.1 Å². The summed E-state index contributed by atoms with van der Waals surface area (Å²) >= 11 is 0. The Morgan fingerprint density at radius 2 is 1.78 bits per heavy atom. The molecule has 3 aromatic rings. The maximum absolute atomic E-state index is 12.0. The number of carbonyl (C=O) groups is 1. The molecule has 0 aliphatic carbocycles. The molecule has 27 heavy (non-hydrogen) atoms. The number of amides is 1. The number of hydrogen-bond acceptors (Lipinski definition) is 5. The predicted octanol–water partition coefficient (Wildman–Crippen LogP) is 3.44. The molecule has 0 radical (unpaired) electrons. The fourth-order valence-electron chi connectivity index (χ4n) is 2.65. The molecule has 0 unspecified atom stereocenters. The van der Waals surface area contributed by atoms with E-state index in [4.69, 9.17) is 4.42 Å². The number of anilines is 1. The van der Waals surface area contributed by atoms with Gasteiger partial charge in [-0.15, -0.1) is 10.2 Å². The Bertz CT molecular complexity index is 857. The van der Waals surface area contributed by atoms with Gasteiger partial charge in [0.1, 0.15) is 0 Å². The molecule has 2 aromatic carbocycles. The molecule has 6 nitrogen and oxygen atoms in total. The van der Waals surface area contributed by atoms with Gasteiger partial charge in [0.15, 0.2) is 0 Å². The third kappa shape index (κ3) is 5.41. The molecule has 0 bridgehead atoms. The monoisotopic (exact) mass is 364 g/mol. The van der Waals surface area contributed by atoms with Gasteiger partial charge in [0, 0.05) is 44.7 Å². The van der Waals surface area contributed by atoms with Gasteiger partial charge >= 0.3 is 0 Å². The molecule has 0 fully saturated rings. The summed E-state index contributed by atoms with van der Waals surface area (Å²) in [7, 11) is 4.01. The van der Waals surface area contributed by atoms with E-state index in [1.54, 1.807) is 0 Å². The molecule has 0 saturated heterocycles. The smallest absolute Gasteiger partial charge is 0.247 e. The summed E-state index contributed by atoms with van der Waals surface area (Å²) in [6, 6.07) is 17.8. The van der Waals surface area contributed by atoms with Gasteiger partial charge < -0.3 is 14.6 Å². The van der Waals surface area contributed by atoms with Gasteiger partial charge in [-0.25, -0.2) is 0 Å². The fourth-order valence-corrected chi connectivity index (χ4v) is 2.65. The second kappa shape index (κ2) is 8.98. The highest BCUT2D eigenvalue weighted by molar-refractivity contribution is 5.75. The summed E-state index contributed by atoms with van der Waals surface area (Å²) < 4.78 is 5.65. The van der Waals surface area contributed by atoms with E-state index in [0.717, 1.165) is 16.8 Å². The molecule has 0 atom stereocenters. The van der Waals surface area contributed by atoms with Gasteiger partial charge in [-0.1, -0.05) is 30.3 Å². The van der Waals surface area contributed by atoms with Crippen molar-refractivity contribution in [3.63, 3.8) is 0 Å². The Balaban J connectivity index is 1.40. The van der Waals surface area contributed by atoms with Crippen LogP contribution in [0.15, 0.2) is 59.0 Å². The Hall–Kier alpha value is -3.15. The molecule has 1 amide bonds. The average molecular weight is 364 g/mol. The lowest BCUT2D eigenvalue weighted by Gasteiger charge is -2.12. The van der Waals surface area contributed by atoms with Crippen LogP contribution >= 0.6 is 0 Å². The summed E-state index contributed by atoms with van der Waals surface area (Å²) in [4.78, 5) is 14.1. The van der Waals surface area contributed by atoms with Crippen molar-refractivity contribution >= 4 is 11.6 Å². The molecule has 3 rings (SSSR count). The maximum atomic E-state index is 12.0. The summed E-state index contributed by atoms with van der Waals surface area (Å²) in [6.45, 7) is 0.533. The molecule has 1 heterocycles. The van der Waals surface area contributed by atoms with E-state index >= 15 is 0 Å². The number of rotatable bonds is 8. The molecule has 6 heteroatoms. The van der Waals surface area contributed by atoms with E-state index in [1.165, 1.54) is 0 Å². The van der Waals surface area contributed by atoms with E-state index in [0.29, 0.717) is 37.6 Å². The largest absolute Gasteiger partial charge is 0.421 e. The number of benzene rings is 2. The van der Waals surface area contributed by atoms with E-state index in [1.807, 2.05) is 73.6 Å². The van der Waals surface area contributed by atoms with Crippen molar-refractivity contribution < 1.29 is 9.21 Å². The van der Waals surface area contributed by atoms with Crippen LogP contribution in [0.4, 0.5) is 5.69 Å². The first-order valence-corrected chi connectivity index (χ1v) is 9.02. The predicted molar refractivity (Wildman–Crippen MR) is 105 cm³/mol. The van der Waals surface area contributed by atoms with Gasteiger partial charge in [-0.2, -0.15) is 0 Å². The Kier molecular flexibility index (Phi) is 6.20. The van der Waals surface area contributed by atoms with Gasteiger partial charge in [0.2, 0.25) is 17.7 Å². The van der Waals surface area contributed by atoms with Crippen LogP contribution < -0.4 is 10.2 Å². The standard InChI is InChI=1S/C21H24N4O2/c1-25(2)18-13-11-16(12-14-18)15-22-19(26)9-6-10-20-23-24-21(27-20)17-7-4-3-5-8-17/h3-5,7-8,11-14H,6,9-10,15H2,1-2H3,(H,22,26). The van der Waals surface area contributed by atoms with Crippen LogP contribution in [0.2, 0.25) is 0 Å². The lowest BCUT2D eigenvalue weighted by Crippen LogP contribution is -2.22. The van der Waals surface area contributed by atoms with Crippen LogP contribution in [0, 0.1) is 0 Å². The van der Waals surface area contributed by atoms with Crippen LogP contribution in [-0.4, -0.2) is 30.2 Å². The lowest BCUT2D eigenvalue weighted by molar-refractivity contribution is -0.121. The molecule has 140 valence electrons. The van der Waals surface area contributed by atoms with E-state index in [-0.39, 0.29) is 5.91 Å². The van der Waals surface area contributed by atoms with Crippen LogP contribution in [0.5, 0.6) is 0 Å². The second-order valence-corrected chi connectivity index (χ2v) is 6.56. The normalized spacial score (nSPS) is 10.6. The summed E-state index contributed by atoms with van der Waals surface area (Å²) in [6.07, 6.45) is 1.69. The molecule has 0 aliphatic heterocycles. The number of aryl methyl sites for hydroxylation is 1. The molecular weight excluding hydrogens is 340 g/mol. The van der Waals surface area contributed by atoms with Crippen molar-refractivity contribution in [2.45, 2.75) is 25.8 Å². The summed E-state index contributed by atoms with van der Waals surface area (Å²) in [5, 5.41) is 11.1. The van der Waals surface area contributed by atoms with Crippen molar-refractivity contribution in [2.75, 3.05) is 19.0 Å². The molecule has 0 saturated carbocycles. The highest BCUT2D eigenvalue weighted by Crippen LogP contribution is 2.17. The zero-order valence-electron chi connectivity index (χ0n) is 15.7. The van der Waals surface area contributed by atoms with Gasteiger partial charge in [-0.05, 0) is 36.2 Å². The van der Waals surface area contributed by atoms with Crippen molar-refractivity contribution in [3.8, 4) is 11.5 Å². The highest BCUT2D eigenvalue weighted by atomic mass is 16.4. The fraction of sp³-hybridized carbons (Fsp3) is 0.286. The summed E-state index contributed by atoms with van der Waals surface area (Å²) in [5.74, 6) is 1.09. The summed E-state index contributed by atoms with van der Waals surface area (Å²) in [5.41, 5.74) is 3.12. The average Bonchev–Trinajstić information content (AvgIpc) is 3.16. The minimum absolute atomic E-state index is 0.0227. The number of carbonyl (C=O) groups excluding carboxylic acids is 1. The zero-order chi connectivity index (χ0) is 19.1. The zero-order valence-corrected chi connectivity index (χ0v) is 15.7. The Labute approximate surface area is 159 Å². The van der Waals surface area contributed by atoms with E-state index < -0.39 is 0 Å². The van der Waals surface area contributed by atoms with Crippen molar-refractivity contribution in [1.29, 1.82) is 0 Å². The number of aromatic nitrogens is 2. The van der Waals surface area contributed by atoms with Crippen molar-refractivity contribution in [2.24, 2.45) is 0 Å². The minimum atomic E-state index is 0.0227. The maximum Gasteiger partial charge on any atom is 0.247 e. The van der Waals surface area contributed by atoms with Crippen molar-refractivity contribution in [1.82, 2.24) is 15.5 Å².